The predicted molar refractivity (Wildman–Crippen MR) is 72.3 cm³/mol. The van der Waals surface area contributed by atoms with E-state index >= 15 is 0 Å². The Bertz CT molecular complexity index is 425. The molecule has 0 amide bonds. The smallest absolute Gasteiger partial charge is 0.305 e. The molecule has 1 aromatic rings. The lowest BCUT2D eigenvalue weighted by Crippen LogP contribution is -2.14. The Balaban J connectivity index is 2.33. The number of carbonyl (C=O) groups excluding carboxylic acids is 1. The van der Waals surface area contributed by atoms with Gasteiger partial charge in [0.15, 0.2) is 0 Å². The van der Waals surface area contributed by atoms with Crippen molar-refractivity contribution in [1.82, 2.24) is 9.97 Å². The maximum atomic E-state index is 11.1. The Kier molecular flexibility index (Phi) is 5.99. The molecule has 0 saturated carbocycles. The highest BCUT2D eigenvalue weighted by molar-refractivity contribution is 7.80. The predicted octanol–water partition coefficient (Wildman–Crippen LogP) is 0.866. The number of anilines is 1. The first kappa shape index (κ1) is 14.3. The van der Waals surface area contributed by atoms with Gasteiger partial charge >= 0.3 is 5.97 Å². The van der Waals surface area contributed by atoms with E-state index in [0.717, 1.165) is 0 Å². The van der Waals surface area contributed by atoms with Crippen LogP contribution in [-0.4, -0.2) is 34.1 Å². The van der Waals surface area contributed by atoms with E-state index in [0.29, 0.717) is 37.6 Å². The maximum Gasteiger partial charge on any atom is 0.305 e. The summed E-state index contributed by atoms with van der Waals surface area (Å²) in [5.41, 5.74) is 5.98. The summed E-state index contributed by atoms with van der Waals surface area (Å²) in [4.78, 5) is 19.5. The SMILES string of the molecule is CCOC(=O)CCCNc1nccc(C(N)=S)n1. The highest BCUT2D eigenvalue weighted by atomic mass is 32.1. The van der Waals surface area contributed by atoms with Gasteiger partial charge < -0.3 is 15.8 Å². The zero-order chi connectivity index (χ0) is 13.4. The number of esters is 1. The molecule has 1 rings (SSSR count). The molecule has 7 heteroatoms. The monoisotopic (exact) mass is 268 g/mol. The largest absolute Gasteiger partial charge is 0.466 e. The fourth-order valence-electron chi connectivity index (χ4n) is 1.25. The minimum Gasteiger partial charge on any atom is -0.466 e. The van der Waals surface area contributed by atoms with E-state index in [1.807, 2.05) is 0 Å². The first-order valence-electron chi connectivity index (χ1n) is 5.65. The van der Waals surface area contributed by atoms with E-state index in [4.69, 9.17) is 22.7 Å². The Morgan fingerprint density at radius 2 is 2.39 bits per heavy atom. The van der Waals surface area contributed by atoms with Gasteiger partial charge in [0, 0.05) is 19.2 Å². The molecule has 0 bridgehead atoms. The van der Waals surface area contributed by atoms with Crippen LogP contribution in [0.25, 0.3) is 0 Å². The molecule has 18 heavy (non-hydrogen) atoms. The quantitative estimate of drug-likeness (QED) is 0.430. The second-order valence-corrected chi connectivity index (χ2v) is 3.90. The van der Waals surface area contributed by atoms with Gasteiger partial charge in [0.1, 0.15) is 10.7 Å². The third kappa shape index (κ3) is 5.05. The highest BCUT2D eigenvalue weighted by Gasteiger charge is 2.03. The van der Waals surface area contributed by atoms with Crippen molar-refractivity contribution in [3.8, 4) is 0 Å². The molecule has 3 N–H and O–H groups in total. The van der Waals surface area contributed by atoms with Crippen molar-refractivity contribution in [2.45, 2.75) is 19.8 Å². The number of hydrogen-bond donors (Lipinski definition) is 2. The van der Waals surface area contributed by atoms with Crippen molar-refractivity contribution in [2.24, 2.45) is 5.73 Å². The van der Waals surface area contributed by atoms with Crippen LogP contribution in [0.5, 0.6) is 0 Å². The molecule has 0 aromatic carbocycles. The van der Waals surface area contributed by atoms with E-state index in [-0.39, 0.29) is 11.0 Å². The second kappa shape index (κ2) is 7.54. The molecule has 98 valence electrons. The van der Waals surface area contributed by atoms with Gasteiger partial charge in [-0.3, -0.25) is 4.79 Å². The van der Waals surface area contributed by atoms with Crippen molar-refractivity contribution < 1.29 is 9.53 Å². The second-order valence-electron chi connectivity index (χ2n) is 3.47. The number of nitrogens with zero attached hydrogens (tertiary/aromatic N) is 2. The molecule has 0 fully saturated rings. The Morgan fingerprint density at radius 1 is 1.61 bits per heavy atom. The number of nitrogens with one attached hydrogen (secondary N) is 1. The highest BCUT2D eigenvalue weighted by Crippen LogP contribution is 2.01. The topological polar surface area (TPSA) is 90.1 Å². The molecule has 0 aliphatic heterocycles. The van der Waals surface area contributed by atoms with Crippen LogP contribution in [0.2, 0.25) is 0 Å². The van der Waals surface area contributed by atoms with Crippen molar-refractivity contribution >= 4 is 29.1 Å². The average molecular weight is 268 g/mol. The molecule has 0 saturated heterocycles. The van der Waals surface area contributed by atoms with Crippen molar-refractivity contribution in [3.63, 3.8) is 0 Å². The zero-order valence-electron chi connectivity index (χ0n) is 10.2. The number of ether oxygens (including phenoxy) is 1. The first-order valence-corrected chi connectivity index (χ1v) is 6.06. The molecule has 0 unspecified atom stereocenters. The Hall–Kier alpha value is -1.76. The van der Waals surface area contributed by atoms with Gasteiger partial charge in [0.25, 0.3) is 0 Å². The molecule has 6 nitrogen and oxygen atoms in total. The maximum absolute atomic E-state index is 11.1. The summed E-state index contributed by atoms with van der Waals surface area (Å²) >= 11 is 4.82. The zero-order valence-corrected chi connectivity index (χ0v) is 11.0. The van der Waals surface area contributed by atoms with E-state index < -0.39 is 0 Å². The van der Waals surface area contributed by atoms with Crippen LogP contribution >= 0.6 is 12.2 Å². The number of hydrogen-bond acceptors (Lipinski definition) is 6. The molecule has 0 spiro atoms. The molecule has 1 heterocycles. The lowest BCUT2D eigenvalue weighted by atomic mass is 10.3. The van der Waals surface area contributed by atoms with E-state index in [9.17, 15) is 4.79 Å². The summed E-state index contributed by atoms with van der Waals surface area (Å²) in [6.45, 7) is 2.77. The van der Waals surface area contributed by atoms with Gasteiger partial charge in [-0.25, -0.2) is 9.97 Å². The summed E-state index contributed by atoms with van der Waals surface area (Å²) in [5, 5.41) is 2.99. The molecular formula is C11H16N4O2S. The van der Waals surface area contributed by atoms with E-state index in [1.54, 1.807) is 19.2 Å². The summed E-state index contributed by atoms with van der Waals surface area (Å²) in [6.07, 6.45) is 2.60. The lowest BCUT2D eigenvalue weighted by molar-refractivity contribution is -0.143. The van der Waals surface area contributed by atoms with E-state index in [1.165, 1.54) is 0 Å². The van der Waals surface area contributed by atoms with Crippen LogP contribution in [0.1, 0.15) is 25.5 Å². The van der Waals surface area contributed by atoms with Crippen LogP contribution in [0, 0.1) is 0 Å². The average Bonchev–Trinajstić information content (AvgIpc) is 2.35. The Morgan fingerprint density at radius 3 is 3.06 bits per heavy atom. The van der Waals surface area contributed by atoms with Crippen LogP contribution in [0.15, 0.2) is 12.3 Å². The summed E-state index contributed by atoms with van der Waals surface area (Å²) in [5.74, 6) is 0.251. The minimum atomic E-state index is -0.197. The lowest BCUT2D eigenvalue weighted by Gasteiger charge is -2.05. The standard InChI is InChI=1S/C11H16N4O2S/c1-2-17-9(16)4-3-6-13-11-14-7-5-8(15-11)10(12)18/h5,7H,2-4,6H2,1H3,(H2,12,18)(H,13,14,15). The number of aromatic nitrogens is 2. The Labute approximate surface area is 111 Å². The van der Waals surface area contributed by atoms with Crippen LogP contribution in [0.4, 0.5) is 5.95 Å². The van der Waals surface area contributed by atoms with Gasteiger partial charge in [-0.1, -0.05) is 12.2 Å². The van der Waals surface area contributed by atoms with Gasteiger partial charge in [0.05, 0.1) is 6.61 Å². The number of carbonyl (C=O) groups is 1. The van der Waals surface area contributed by atoms with Crippen LogP contribution < -0.4 is 11.1 Å². The first-order chi connectivity index (χ1) is 8.63. The van der Waals surface area contributed by atoms with Gasteiger partial charge in [-0.05, 0) is 19.4 Å². The van der Waals surface area contributed by atoms with Gasteiger partial charge in [-0.2, -0.15) is 0 Å². The third-order valence-electron chi connectivity index (χ3n) is 2.05. The number of thiocarbonyl (C=S) groups is 1. The number of rotatable bonds is 7. The molecule has 0 aliphatic rings. The summed E-state index contributed by atoms with van der Waals surface area (Å²) in [6, 6.07) is 1.64. The van der Waals surface area contributed by atoms with Gasteiger partial charge in [0.2, 0.25) is 5.95 Å². The summed E-state index contributed by atoms with van der Waals surface area (Å²) in [7, 11) is 0. The van der Waals surface area contributed by atoms with Gasteiger partial charge in [-0.15, -0.1) is 0 Å². The molecule has 0 atom stereocenters. The fraction of sp³-hybridized carbons (Fsp3) is 0.455. The normalized spacial score (nSPS) is 9.83. The van der Waals surface area contributed by atoms with Crippen molar-refractivity contribution in [1.29, 1.82) is 0 Å². The molecule has 0 aliphatic carbocycles. The number of nitrogens with two attached hydrogens (primary N) is 1. The van der Waals surface area contributed by atoms with E-state index in [2.05, 4.69) is 15.3 Å². The fourth-order valence-corrected chi connectivity index (χ4v) is 1.36. The molecular weight excluding hydrogens is 252 g/mol. The van der Waals surface area contributed by atoms with Crippen LogP contribution in [-0.2, 0) is 9.53 Å². The third-order valence-corrected chi connectivity index (χ3v) is 2.26. The van der Waals surface area contributed by atoms with Crippen LogP contribution in [0.3, 0.4) is 0 Å². The van der Waals surface area contributed by atoms with Crippen molar-refractivity contribution in [3.05, 3.63) is 18.0 Å². The summed E-state index contributed by atoms with van der Waals surface area (Å²) < 4.78 is 4.81. The molecule has 1 aromatic heterocycles. The minimum absolute atomic E-state index is 0.197. The van der Waals surface area contributed by atoms with Crippen molar-refractivity contribution in [2.75, 3.05) is 18.5 Å². The molecule has 0 radical (unpaired) electrons.